The van der Waals surface area contributed by atoms with Crippen LogP contribution in [-0.4, -0.2) is 42.0 Å². The number of carbonyl (C=O) groups is 1. The van der Waals surface area contributed by atoms with E-state index < -0.39 is 0 Å². The monoisotopic (exact) mass is 392 g/mol. The standard InChI is InChI=1S/C22H24N4O3/c1-2-11-26-22(28)19-6-4-3-5-18(19)20(24-26)21(27)23-16-7-9-17(10-8-16)25-12-14-29-15-13-25/h3-10H,2,11-15H2,1H3,(H,23,27). The minimum absolute atomic E-state index is 0.172. The number of rotatable bonds is 5. The highest BCUT2D eigenvalue weighted by Gasteiger charge is 2.17. The van der Waals surface area contributed by atoms with Crippen LogP contribution >= 0.6 is 0 Å². The average molecular weight is 392 g/mol. The summed E-state index contributed by atoms with van der Waals surface area (Å²) < 4.78 is 6.76. The van der Waals surface area contributed by atoms with Gasteiger partial charge in [0.2, 0.25) is 0 Å². The maximum absolute atomic E-state index is 13.0. The Morgan fingerprint density at radius 2 is 1.76 bits per heavy atom. The zero-order chi connectivity index (χ0) is 20.2. The summed E-state index contributed by atoms with van der Waals surface area (Å²) >= 11 is 0. The molecule has 0 bridgehead atoms. The zero-order valence-electron chi connectivity index (χ0n) is 16.4. The van der Waals surface area contributed by atoms with Gasteiger partial charge in [0.1, 0.15) is 0 Å². The van der Waals surface area contributed by atoms with Crippen LogP contribution in [0.4, 0.5) is 11.4 Å². The molecule has 0 radical (unpaired) electrons. The lowest BCUT2D eigenvalue weighted by Gasteiger charge is -2.28. The van der Waals surface area contributed by atoms with E-state index >= 15 is 0 Å². The molecule has 7 heteroatoms. The molecule has 1 saturated heterocycles. The predicted molar refractivity (Wildman–Crippen MR) is 114 cm³/mol. The summed E-state index contributed by atoms with van der Waals surface area (Å²) in [4.78, 5) is 27.8. The molecule has 2 heterocycles. The fraction of sp³-hybridized carbons (Fsp3) is 0.318. The van der Waals surface area contributed by atoms with Gasteiger partial charge in [-0.25, -0.2) is 4.68 Å². The van der Waals surface area contributed by atoms with Gasteiger partial charge in [-0.1, -0.05) is 25.1 Å². The van der Waals surface area contributed by atoms with Crippen molar-refractivity contribution in [2.45, 2.75) is 19.9 Å². The van der Waals surface area contributed by atoms with E-state index in [4.69, 9.17) is 4.74 Å². The van der Waals surface area contributed by atoms with Crippen molar-refractivity contribution in [2.75, 3.05) is 36.5 Å². The lowest BCUT2D eigenvalue weighted by atomic mass is 10.1. The quantitative estimate of drug-likeness (QED) is 0.723. The summed E-state index contributed by atoms with van der Waals surface area (Å²) in [5.74, 6) is -0.329. The number of benzene rings is 2. The van der Waals surface area contributed by atoms with E-state index in [2.05, 4.69) is 15.3 Å². The lowest BCUT2D eigenvalue weighted by Crippen LogP contribution is -2.36. The minimum Gasteiger partial charge on any atom is -0.378 e. The van der Waals surface area contributed by atoms with Crippen molar-refractivity contribution in [1.29, 1.82) is 0 Å². The number of carbonyl (C=O) groups excluding carboxylic acids is 1. The molecule has 0 atom stereocenters. The number of aromatic nitrogens is 2. The Kier molecular flexibility index (Phi) is 5.57. The number of hydrogen-bond acceptors (Lipinski definition) is 5. The SMILES string of the molecule is CCCn1nc(C(=O)Nc2ccc(N3CCOCC3)cc2)c2ccccc2c1=O. The molecule has 1 aliphatic rings. The zero-order valence-corrected chi connectivity index (χ0v) is 16.4. The molecule has 0 saturated carbocycles. The summed E-state index contributed by atoms with van der Waals surface area (Å²) in [5.41, 5.74) is 1.87. The van der Waals surface area contributed by atoms with Crippen molar-refractivity contribution in [3.63, 3.8) is 0 Å². The third kappa shape index (κ3) is 4.00. The van der Waals surface area contributed by atoms with Crippen LogP contribution in [0, 0.1) is 0 Å². The number of hydrogen-bond donors (Lipinski definition) is 1. The number of nitrogens with zero attached hydrogens (tertiary/aromatic N) is 3. The molecule has 1 aromatic heterocycles. The average Bonchev–Trinajstić information content (AvgIpc) is 2.77. The number of anilines is 2. The third-order valence-electron chi connectivity index (χ3n) is 5.02. The van der Waals surface area contributed by atoms with Crippen molar-refractivity contribution in [1.82, 2.24) is 9.78 Å². The summed E-state index contributed by atoms with van der Waals surface area (Å²) in [6, 6.07) is 14.8. The first-order valence-electron chi connectivity index (χ1n) is 9.91. The van der Waals surface area contributed by atoms with Gasteiger partial charge in [0, 0.05) is 36.4 Å². The number of ether oxygens (including phenoxy) is 1. The molecule has 4 rings (SSSR count). The van der Waals surface area contributed by atoms with Crippen LogP contribution in [0.15, 0.2) is 53.3 Å². The molecule has 1 N–H and O–H groups in total. The molecule has 1 aliphatic heterocycles. The van der Waals surface area contributed by atoms with Crippen LogP contribution in [-0.2, 0) is 11.3 Å². The van der Waals surface area contributed by atoms with E-state index in [0.29, 0.717) is 23.0 Å². The smallest absolute Gasteiger partial charge is 0.276 e. The highest BCUT2D eigenvalue weighted by atomic mass is 16.5. The Hall–Kier alpha value is -3.19. The van der Waals surface area contributed by atoms with Gasteiger partial charge in [-0.05, 0) is 36.8 Å². The van der Waals surface area contributed by atoms with E-state index in [1.807, 2.05) is 37.3 Å². The Morgan fingerprint density at radius 3 is 2.45 bits per heavy atom. The molecular weight excluding hydrogens is 368 g/mol. The normalized spacial score (nSPS) is 14.2. The van der Waals surface area contributed by atoms with E-state index in [0.717, 1.165) is 38.4 Å². The molecule has 0 unspecified atom stereocenters. The number of amides is 1. The molecule has 2 aromatic carbocycles. The highest BCUT2D eigenvalue weighted by molar-refractivity contribution is 6.11. The fourth-order valence-corrected chi connectivity index (χ4v) is 3.53. The van der Waals surface area contributed by atoms with Crippen molar-refractivity contribution in [2.24, 2.45) is 0 Å². The maximum atomic E-state index is 13.0. The predicted octanol–water partition coefficient (Wildman–Crippen LogP) is 2.90. The van der Waals surface area contributed by atoms with Crippen molar-refractivity contribution in [3.05, 3.63) is 64.6 Å². The summed E-state index contributed by atoms with van der Waals surface area (Å²) in [6.07, 6.45) is 0.759. The first kappa shape index (κ1) is 19.1. The van der Waals surface area contributed by atoms with Crippen LogP contribution in [0.2, 0.25) is 0 Å². The number of aryl methyl sites for hydroxylation is 1. The molecule has 29 heavy (non-hydrogen) atoms. The van der Waals surface area contributed by atoms with Gasteiger partial charge in [-0.2, -0.15) is 5.10 Å². The second-order valence-corrected chi connectivity index (χ2v) is 7.02. The van der Waals surface area contributed by atoms with E-state index in [9.17, 15) is 9.59 Å². The first-order valence-corrected chi connectivity index (χ1v) is 9.91. The number of morpholine rings is 1. The first-order chi connectivity index (χ1) is 14.2. The second-order valence-electron chi connectivity index (χ2n) is 7.02. The Bertz CT molecular complexity index is 1070. The molecule has 1 fully saturated rings. The second kappa shape index (κ2) is 8.45. The van der Waals surface area contributed by atoms with Crippen molar-refractivity contribution >= 4 is 28.1 Å². The molecule has 150 valence electrons. The molecule has 1 amide bonds. The summed E-state index contributed by atoms with van der Waals surface area (Å²) in [7, 11) is 0. The van der Waals surface area contributed by atoms with Crippen LogP contribution in [0.1, 0.15) is 23.8 Å². The fourth-order valence-electron chi connectivity index (χ4n) is 3.53. The van der Waals surface area contributed by atoms with E-state index in [1.54, 1.807) is 18.2 Å². The topological polar surface area (TPSA) is 76.5 Å². The number of fused-ring (bicyclic) bond motifs is 1. The van der Waals surface area contributed by atoms with Crippen molar-refractivity contribution < 1.29 is 9.53 Å². The molecule has 7 nitrogen and oxygen atoms in total. The summed E-state index contributed by atoms with van der Waals surface area (Å²) in [6.45, 7) is 5.62. The summed E-state index contributed by atoms with van der Waals surface area (Å²) in [5, 5.41) is 8.32. The third-order valence-corrected chi connectivity index (χ3v) is 5.02. The molecule has 0 spiro atoms. The van der Waals surface area contributed by atoms with Gasteiger partial charge in [0.15, 0.2) is 5.69 Å². The van der Waals surface area contributed by atoms with Crippen LogP contribution < -0.4 is 15.8 Å². The highest BCUT2D eigenvalue weighted by Crippen LogP contribution is 2.20. The lowest BCUT2D eigenvalue weighted by molar-refractivity contribution is 0.102. The van der Waals surface area contributed by atoms with Gasteiger partial charge in [-0.3, -0.25) is 9.59 Å². The molecule has 3 aromatic rings. The van der Waals surface area contributed by atoms with Crippen molar-refractivity contribution in [3.8, 4) is 0 Å². The molecular formula is C22H24N4O3. The van der Waals surface area contributed by atoms with Gasteiger partial charge < -0.3 is 15.0 Å². The van der Waals surface area contributed by atoms with Crippen LogP contribution in [0.25, 0.3) is 10.8 Å². The van der Waals surface area contributed by atoms with Gasteiger partial charge in [-0.15, -0.1) is 0 Å². The Balaban J connectivity index is 1.60. The Labute approximate surface area is 168 Å². The van der Waals surface area contributed by atoms with E-state index in [-0.39, 0.29) is 17.2 Å². The minimum atomic E-state index is -0.329. The van der Waals surface area contributed by atoms with Gasteiger partial charge in [0.05, 0.1) is 18.6 Å². The molecule has 0 aliphatic carbocycles. The maximum Gasteiger partial charge on any atom is 0.276 e. The number of nitrogens with one attached hydrogen (secondary N) is 1. The van der Waals surface area contributed by atoms with Crippen LogP contribution in [0.3, 0.4) is 0 Å². The van der Waals surface area contributed by atoms with Crippen LogP contribution in [0.5, 0.6) is 0 Å². The van der Waals surface area contributed by atoms with E-state index in [1.165, 1.54) is 4.68 Å². The Morgan fingerprint density at radius 1 is 1.07 bits per heavy atom. The largest absolute Gasteiger partial charge is 0.378 e. The van der Waals surface area contributed by atoms with Gasteiger partial charge in [0.25, 0.3) is 11.5 Å². The van der Waals surface area contributed by atoms with Gasteiger partial charge >= 0.3 is 0 Å².